The molecule has 5 heteroatoms. The Bertz CT molecular complexity index is 501. The Hall–Kier alpha value is -1.55. The van der Waals surface area contributed by atoms with Gasteiger partial charge in [0.05, 0.1) is 11.1 Å². The van der Waals surface area contributed by atoms with E-state index in [1.165, 1.54) is 4.90 Å². The lowest BCUT2D eigenvalue weighted by Gasteiger charge is -2.26. The van der Waals surface area contributed by atoms with E-state index >= 15 is 0 Å². The third kappa shape index (κ3) is 2.20. The number of amides is 1. The summed E-state index contributed by atoms with van der Waals surface area (Å²) in [4.78, 5) is 25.0. The number of halogens is 1. The van der Waals surface area contributed by atoms with Crippen molar-refractivity contribution in [3.8, 4) is 5.75 Å². The van der Waals surface area contributed by atoms with Gasteiger partial charge in [0, 0.05) is 12.6 Å². The maximum atomic E-state index is 12.0. The number of anilines is 1. The molecule has 2 rings (SSSR count). The quantitative estimate of drug-likeness (QED) is 0.623. The molecule has 1 aliphatic rings. The smallest absolute Gasteiger partial charge is 0.264 e. The van der Waals surface area contributed by atoms with Crippen LogP contribution in [0.1, 0.15) is 23.7 Å². The number of nitrogens with zero attached hydrogens (tertiary/aromatic N) is 1. The number of carbonyl (C=O) groups is 2. The van der Waals surface area contributed by atoms with Crippen LogP contribution < -0.4 is 9.64 Å². The highest BCUT2D eigenvalue weighted by atomic mass is 35.5. The van der Waals surface area contributed by atoms with E-state index in [1.807, 2.05) is 6.92 Å². The molecular formula is C13H14ClNO3. The Labute approximate surface area is 110 Å². The molecule has 1 aromatic carbocycles. The third-order valence-electron chi connectivity index (χ3n) is 2.97. The van der Waals surface area contributed by atoms with Gasteiger partial charge in [-0.25, -0.2) is 0 Å². The molecule has 1 atom stereocenters. The average Bonchev–Trinajstić information content (AvgIpc) is 2.41. The summed E-state index contributed by atoms with van der Waals surface area (Å²) in [7, 11) is 1.66. The van der Waals surface area contributed by atoms with E-state index in [0.717, 1.165) is 0 Å². The van der Waals surface area contributed by atoms with E-state index in [9.17, 15) is 9.59 Å². The summed E-state index contributed by atoms with van der Waals surface area (Å²) in [6.07, 6.45) is 0.572. The lowest BCUT2D eigenvalue weighted by molar-refractivity contribution is -0.120. The van der Waals surface area contributed by atoms with E-state index in [-0.39, 0.29) is 18.3 Å². The van der Waals surface area contributed by atoms with Gasteiger partial charge in [-0.05, 0) is 24.6 Å². The zero-order valence-electron chi connectivity index (χ0n) is 10.3. The molecule has 0 radical (unpaired) electrons. The van der Waals surface area contributed by atoms with Crippen molar-refractivity contribution in [3.63, 3.8) is 0 Å². The van der Waals surface area contributed by atoms with Crippen molar-refractivity contribution >= 4 is 29.0 Å². The number of hydrogen-bond acceptors (Lipinski definition) is 3. The number of hydrogen-bond donors (Lipinski definition) is 0. The lowest BCUT2D eigenvalue weighted by atomic mass is 10.0. The van der Waals surface area contributed by atoms with Crippen LogP contribution in [0.2, 0.25) is 0 Å². The van der Waals surface area contributed by atoms with Crippen molar-refractivity contribution in [2.24, 2.45) is 0 Å². The van der Waals surface area contributed by atoms with Crippen LogP contribution in [0.15, 0.2) is 18.2 Å². The molecule has 4 nitrogen and oxygen atoms in total. The van der Waals surface area contributed by atoms with Gasteiger partial charge in [0.25, 0.3) is 5.91 Å². The van der Waals surface area contributed by atoms with Crippen LogP contribution >= 0.6 is 11.6 Å². The largest absolute Gasteiger partial charge is 0.482 e. The predicted octanol–water partition coefficient (Wildman–Crippen LogP) is 2.24. The molecule has 1 heterocycles. The standard InChI is InChI=1S/C13H14ClNO3/c1-3-9(14)13(17)8-4-5-11-10(6-8)15(2)12(16)7-18-11/h4-6,9H,3,7H2,1-2H3. The van der Waals surface area contributed by atoms with Crippen molar-refractivity contribution in [3.05, 3.63) is 23.8 Å². The lowest BCUT2D eigenvalue weighted by Crippen LogP contribution is -2.35. The van der Waals surface area contributed by atoms with Crippen LogP contribution in [0.4, 0.5) is 5.69 Å². The fourth-order valence-electron chi connectivity index (χ4n) is 1.79. The zero-order chi connectivity index (χ0) is 13.3. The van der Waals surface area contributed by atoms with Crippen LogP contribution in [0.25, 0.3) is 0 Å². The molecule has 1 aliphatic heterocycles. The number of carbonyl (C=O) groups excluding carboxylic acids is 2. The minimum atomic E-state index is -0.534. The monoisotopic (exact) mass is 267 g/mol. The second-order valence-corrected chi connectivity index (χ2v) is 4.69. The number of rotatable bonds is 3. The van der Waals surface area contributed by atoms with Crippen molar-refractivity contribution < 1.29 is 14.3 Å². The van der Waals surface area contributed by atoms with E-state index in [1.54, 1.807) is 25.2 Å². The molecule has 0 spiro atoms. The van der Waals surface area contributed by atoms with E-state index in [4.69, 9.17) is 16.3 Å². The Balaban J connectivity index is 2.37. The van der Waals surface area contributed by atoms with Gasteiger partial charge in [-0.1, -0.05) is 6.92 Å². The molecule has 1 amide bonds. The number of ketones is 1. The second-order valence-electron chi connectivity index (χ2n) is 4.16. The fourth-order valence-corrected chi connectivity index (χ4v) is 1.92. The number of likely N-dealkylation sites (N-methyl/N-ethyl adjacent to an activating group) is 1. The zero-order valence-corrected chi connectivity index (χ0v) is 11.0. The fraction of sp³-hybridized carbons (Fsp3) is 0.385. The molecular weight excluding hydrogens is 254 g/mol. The van der Waals surface area contributed by atoms with Crippen LogP contribution in [-0.2, 0) is 4.79 Å². The Morgan fingerprint density at radius 1 is 1.56 bits per heavy atom. The van der Waals surface area contributed by atoms with Crippen LogP contribution in [-0.4, -0.2) is 30.7 Å². The molecule has 0 saturated heterocycles. The summed E-state index contributed by atoms with van der Waals surface area (Å²) in [5.41, 5.74) is 1.11. The SMILES string of the molecule is CCC(Cl)C(=O)c1ccc2c(c1)N(C)C(=O)CO2. The summed E-state index contributed by atoms with van der Waals surface area (Å²) in [6, 6.07) is 5.03. The molecule has 0 fully saturated rings. The molecule has 0 aliphatic carbocycles. The van der Waals surface area contributed by atoms with Crippen molar-refractivity contribution in [1.82, 2.24) is 0 Å². The van der Waals surface area contributed by atoms with Crippen LogP contribution in [0.3, 0.4) is 0 Å². The number of fused-ring (bicyclic) bond motifs is 1. The van der Waals surface area contributed by atoms with Gasteiger partial charge in [0.1, 0.15) is 5.75 Å². The van der Waals surface area contributed by atoms with Crippen LogP contribution in [0, 0.1) is 0 Å². The molecule has 1 aromatic rings. The summed E-state index contributed by atoms with van der Waals surface area (Å²) >= 11 is 5.94. The normalized spacial score (nSPS) is 15.9. The van der Waals surface area contributed by atoms with Gasteiger partial charge in [0.15, 0.2) is 12.4 Å². The van der Waals surface area contributed by atoms with Gasteiger partial charge in [-0.2, -0.15) is 0 Å². The van der Waals surface area contributed by atoms with Crippen molar-refractivity contribution in [2.45, 2.75) is 18.7 Å². The van der Waals surface area contributed by atoms with Crippen molar-refractivity contribution in [1.29, 1.82) is 0 Å². The highest BCUT2D eigenvalue weighted by molar-refractivity contribution is 6.34. The van der Waals surface area contributed by atoms with Crippen molar-refractivity contribution in [2.75, 3.05) is 18.6 Å². The first-order valence-corrected chi connectivity index (χ1v) is 6.20. The topological polar surface area (TPSA) is 46.6 Å². The molecule has 1 unspecified atom stereocenters. The molecule has 96 valence electrons. The number of ether oxygens (including phenoxy) is 1. The Morgan fingerprint density at radius 3 is 2.94 bits per heavy atom. The Morgan fingerprint density at radius 2 is 2.28 bits per heavy atom. The summed E-state index contributed by atoms with van der Waals surface area (Å²) < 4.78 is 5.29. The van der Waals surface area contributed by atoms with E-state index < -0.39 is 5.38 Å². The average molecular weight is 268 g/mol. The maximum absolute atomic E-state index is 12.0. The van der Waals surface area contributed by atoms with E-state index in [0.29, 0.717) is 23.4 Å². The maximum Gasteiger partial charge on any atom is 0.264 e. The first-order valence-electron chi connectivity index (χ1n) is 5.76. The van der Waals surface area contributed by atoms with Gasteiger partial charge >= 0.3 is 0 Å². The first-order chi connectivity index (χ1) is 8.54. The van der Waals surface area contributed by atoms with Gasteiger partial charge in [-0.15, -0.1) is 11.6 Å². The number of Topliss-reactive ketones (excluding diaryl/α,β-unsaturated/α-hetero) is 1. The molecule has 0 N–H and O–H groups in total. The van der Waals surface area contributed by atoms with Crippen LogP contribution in [0.5, 0.6) is 5.75 Å². The second kappa shape index (κ2) is 4.98. The third-order valence-corrected chi connectivity index (χ3v) is 3.48. The first kappa shape index (κ1) is 12.9. The van der Waals surface area contributed by atoms with E-state index in [2.05, 4.69) is 0 Å². The van der Waals surface area contributed by atoms with Gasteiger partial charge in [0.2, 0.25) is 0 Å². The summed E-state index contributed by atoms with van der Waals surface area (Å²) in [5.74, 6) is 0.342. The minimum Gasteiger partial charge on any atom is -0.482 e. The van der Waals surface area contributed by atoms with Gasteiger partial charge < -0.3 is 9.64 Å². The predicted molar refractivity (Wildman–Crippen MR) is 69.6 cm³/mol. The highest BCUT2D eigenvalue weighted by Gasteiger charge is 2.24. The minimum absolute atomic E-state index is 0.0316. The molecule has 18 heavy (non-hydrogen) atoms. The Kier molecular flexibility index (Phi) is 3.57. The number of alkyl halides is 1. The van der Waals surface area contributed by atoms with Gasteiger partial charge in [-0.3, -0.25) is 9.59 Å². The molecule has 0 saturated carbocycles. The summed E-state index contributed by atoms with van der Waals surface area (Å²) in [6.45, 7) is 1.89. The summed E-state index contributed by atoms with van der Waals surface area (Å²) in [5, 5.41) is -0.534. The molecule has 0 aromatic heterocycles. The number of benzene rings is 1. The highest BCUT2D eigenvalue weighted by Crippen LogP contribution is 2.32. The molecule has 0 bridgehead atoms.